The van der Waals surface area contributed by atoms with Crippen LogP contribution in [0.15, 0.2) is 22.6 Å². The van der Waals surface area contributed by atoms with E-state index >= 15 is 0 Å². The summed E-state index contributed by atoms with van der Waals surface area (Å²) in [5.74, 6) is -0.454. The number of alkyl halides is 1. The van der Waals surface area contributed by atoms with Crippen molar-refractivity contribution in [2.75, 3.05) is 0 Å². The molecule has 0 bridgehead atoms. The molecule has 0 fully saturated rings. The molecule has 1 aromatic carbocycles. The molecule has 0 saturated carbocycles. The highest BCUT2D eigenvalue weighted by molar-refractivity contribution is 6.17. The molecule has 2 rings (SSSR count). The van der Waals surface area contributed by atoms with Crippen molar-refractivity contribution in [3.63, 3.8) is 0 Å². The van der Waals surface area contributed by atoms with Gasteiger partial charge in [-0.25, -0.2) is 4.98 Å². The van der Waals surface area contributed by atoms with Crippen LogP contribution >= 0.6 is 11.6 Å². The number of rotatable bonds is 2. The number of nitrogens with two attached hydrogens (primary N) is 1. The van der Waals surface area contributed by atoms with Gasteiger partial charge >= 0.3 is 5.91 Å². The van der Waals surface area contributed by atoms with Gasteiger partial charge in [-0.05, 0) is 6.07 Å². The molecule has 2 aromatic rings. The Balaban J connectivity index is 2.70. The van der Waals surface area contributed by atoms with E-state index < -0.39 is 5.91 Å². The summed E-state index contributed by atoms with van der Waals surface area (Å²) >= 11 is 5.69. The van der Waals surface area contributed by atoms with Gasteiger partial charge in [-0.1, -0.05) is 12.1 Å². The Kier molecular flexibility index (Phi) is 2.13. The summed E-state index contributed by atoms with van der Waals surface area (Å²) in [6.07, 6.45) is 0. The van der Waals surface area contributed by atoms with Crippen LogP contribution in [0, 0.1) is 0 Å². The van der Waals surface area contributed by atoms with E-state index in [2.05, 4.69) is 4.98 Å². The predicted octanol–water partition coefficient (Wildman–Crippen LogP) is 1.67. The molecule has 0 radical (unpaired) electrons. The van der Waals surface area contributed by atoms with Crippen molar-refractivity contribution in [1.29, 1.82) is 0 Å². The minimum Gasteiger partial charge on any atom is -0.432 e. The Hall–Kier alpha value is -1.55. The Morgan fingerprint density at radius 3 is 3.00 bits per heavy atom. The fourth-order valence-corrected chi connectivity index (χ4v) is 1.43. The van der Waals surface area contributed by atoms with Crippen LogP contribution in [0.25, 0.3) is 11.1 Å². The summed E-state index contributed by atoms with van der Waals surface area (Å²) in [6.45, 7) is 0. The summed E-state index contributed by atoms with van der Waals surface area (Å²) in [6, 6.07) is 5.35. The van der Waals surface area contributed by atoms with Gasteiger partial charge in [-0.15, -0.1) is 11.6 Å². The molecule has 0 aliphatic heterocycles. The van der Waals surface area contributed by atoms with E-state index in [0.29, 0.717) is 17.0 Å². The molecule has 4 nitrogen and oxygen atoms in total. The third-order valence-electron chi connectivity index (χ3n) is 1.85. The van der Waals surface area contributed by atoms with Gasteiger partial charge in [0.2, 0.25) is 0 Å². The van der Waals surface area contributed by atoms with E-state index in [4.69, 9.17) is 21.8 Å². The van der Waals surface area contributed by atoms with E-state index in [1.54, 1.807) is 12.1 Å². The van der Waals surface area contributed by atoms with Gasteiger partial charge in [0.15, 0.2) is 5.58 Å². The van der Waals surface area contributed by atoms with Gasteiger partial charge < -0.3 is 10.2 Å². The lowest BCUT2D eigenvalue weighted by Crippen LogP contribution is -2.10. The van der Waals surface area contributed by atoms with Gasteiger partial charge in [-0.3, -0.25) is 4.79 Å². The Morgan fingerprint density at radius 1 is 1.57 bits per heavy atom. The van der Waals surface area contributed by atoms with Crippen molar-refractivity contribution in [3.8, 4) is 0 Å². The first-order chi connectivity index (χ1) is 6.72. The average molecular weight is 211 g/mol. The van der Waals surface area contributed by atoms with Crippen molar-refractivity contribution in [2.24, 2.45) is 5.73 Å². The van der Waals surface area contributed by atoms with E-state index in [0.717, 1.165) is 5.56 Å². The molecule has 72 valence electrons. The monoisotopic (exact) mass is 210 g/mol. The number of fused-ring (bicyclic) bond motifs is 1. The Bertz CT molecular complexity index is 493. The number of carbonyl (C=O) groups is 1. The average Bonchev–Trinajstić information content (AvgIpc) is 2.60. The summed E-state index contributed by atoms with van der Waals surface area (Å²) in [5.41, 5.74) is 6.96. The third kappa shape index (κ3) is 1.33. The molecule has 0 atom stereocenters. The SMILES string of the molecule is NC(=O)c1nc2cccc(CCl)c2o1. The van der Waals surface area contributed by atoms with Gasteiger partial charge in [-0.2, -0.15) is 0 Å². The fraction of sp³-hybridized carbons (Fsp3) is 0.111. The Labute approximate surface area is 84.7 Å². The van der Waals surface area contributed by atoms with Crippen LogP contribution < -0.4 is 5.73 Å². The minimum absolute atomic E-state index is 0.0856. The van der Waals surface area contributed by atoms with Crippen LogP contribution in [0.2, 0.25) is 0 Å². The number of hydrogen-bond acceptors (Lipinski definition) is 3. The molecule has 14 heavy (non-hydrogen) atoms. The largest absolute Gasteiger partial charge is 0.432 e. The highest BCUT2D eigenvalue weighted by atomic mass is 35.5. The lowest BCUT2D eigenvalue weighted by Gasteiger charge is -1.93. The zero-order valence-electron chi connectivity index (χ0n) is 7.16. The zero-order valence-corrected chi connectivity index (χ0v) is 7.91. The summed E-state index contributed by atoms with van der Waals surface area (Å²) in [4.78, 5) is 14.7. The molecule has 1 heterocycles. The van der Waals surface area contributed by atoms with Crippen LogP contribution in [-0.2, 0) is 5.88 Å². The second-order valence-corrected chi connectivity index (χ2v) is 3.05. The molecule has 0 spiro atoms. The maximum atomic E-state index is 10.8. The molecule has 1 aromatic heterocycles. The van der Waals surface area contributed by atoms with Gasteiger partial charge in [0.05, 0.1) is 5.88 Å². The van der Waals surface area contributed by atoms with E-state index in [1.165, 1.54) is 0 Å². The van der Waals surface area contributed by atoms with Crippen molar-refractivity contribution in [1.82, 2.24) is 4.98 Å². The first-order valence-electron chi connectivity index (χ1n) is 3.96. The molecular formula is C9H7ClN2O2. The smallest absolute Gasteiger partial charge is 0.304 e. The van der Waals surface area contributed by atoms with Gasteiger partial charge in [0.25, 0.3) is 5.89 Å². The quantitative estimate of drug-likeness (QED) is 0.767. The van der Waals surface area contributed by atoms with E-state index in [9.17, 15) is 4.79 Å². The van der Waals surface area contributed by atoms with Crippen molar-refractivity contribution < 1.29 is 9.21 Å². The first-order valence-corrected chi connectivity index (χ1v) is 4.50. The summed E-state index contributed by atoms with van der Waals surface area (Å²) in [5, 5.41) is 0. The van der Waals surface area contributed by atoms with E-state index in [-0.39, 0.29) is 5.89 Å². The highest BCUT2D eigenvalue weighted by Crippen LogP contribution is 2.20. The number of benzene rings is 1. The number of hydrogen-bond donors (Lipinski definition) is 1. The van der Waals surface area contributed by atoms with Gasteiger partial charge in [0, 0.05) is 5.56 Å². The van der Waals surface area contributed by atoms with Crippen LogP contribution in [0.4, 0.5) is 0 Å². The number of nitrogens with zero attached hydrogens (tertiary/aromatic N) is 1. The number of aromatic nitrogens is 1. The number of para-hydroxylation sites is 1. The lowest BCUT2D eigenvalue weighted by atomic mass is 10.2. The number of carbonyl (C=O) groups excluding carboxylic acids is 1. The van der Waals surface area contributed by atoms with Crippen LogP contribution in [0.5, 0.6) is 0 Å². The first kappa shape index (κ1) is 9.02. The second-order valence-electron chi connectivity index (χ2n) is 2.78. The second kappa shape index (κ2) is 3.31. The normalized spacial score (nSPS) is 10.6. The predicted molar refractivity (Wildman–Crippen MR) is 52.1 cm³/mol. The maximum absolute atomic E-state index is 10.8. The van der Waals surface area contributed by atoms with E-state index in [1.807, 2.05) is 6.07 Å². The molecular weight excluding hydrogens is 204 g/mol. The van der Waals surface area contributed by atoms with Crippen molar-refractivity contribution >= 4 is 28.6 Å². The summed E-state index contributed by atoms with van der Waals surface area (Å²) < 4.78 is 5.18. The molecule has 0 unspecified atom stereocenters. The standard InChI is InChI=1S/C9H7ClN2O2/c10-4-5-2-1-3-6-7(5)14-9(12-6)8(11)13/h1-3H,4H2,(H2,11,13). The number of primary amides is 1. The lowest BCUT2D eigenvalue weighted by molar-refractivity contribution is 0.0969. The zero-order chi connectivity index (χ0) is 10.1. The molecule has 2 N–H and O–H groups in total. The maximum Gasteiger partial charge on any atom is 0.304 e. The molecule has 0 saturated heterocycles. The number of amides is 1. The fourth-order valence-electron chi connectivity index (χ4n) is 1.22. The minimum atomic E-state index is -0.679. The van der Waals surface area contributed by atoms with Crippen LogP contribution in [-0.4, -0.2) is 10.9 Å². The number of halogens is 1. The van der Waals surface area contributed by atoms with Gasteiger partial charge in [0.1, 0.15) is 5.52 Å². The Morgan fingerprint density at radius 2 is 2.36 bits per heavy atom. The number of oxazole rings is 1. The van der Waals surface area contributed by atoms with Crippen molar-refractivity contribution in [3.05, 3.63) is 29.7 Å². The molecule has 1 amide bonds. The third-order valence-corrected chi connectivity index (χ3v) is 2.14. The summed E-state index contributed by atoms with van der Waals surface area (Å²) in [7, 11) is 0. The molecule has 0 aliphatic carbocycles. The highest BCUT2D eigenvalue weighted by Gasteiger charge is 2.12. The topological polar surface area (TPSA) is 69.1 Å². The van der Waals surface area contributed by atoms with Crippen LogP contribution in [0.3, 0.4) is 0 Å². The van der Waals surface area contributed by atoms with Crippen molar-refractivity contribution in [2.45, 2.75) is 5.88 Å². The van der Waals surface area contributed by atoms with Crippen LogP contribution in [0.1, 0.15) is 16.2 Å². The molecule has 5 heteroatoms. The molecule has 0 aliphatic rings.